The number of hydrogen-bond donors (Lipinski definition) is 1. The zero-order valence-corrected chi connectivity index (χ0v) is 15.3. The molecular formula is C17H18N2O4S2. The summed E-state index contributed by atoms with van der Waals surface area (Å²) in [6.45, 7) is 0. The molecule has 0 bridgehead atoms. The van der Waals surface area contributed by atoms with Crippen LogP contribution in [0, 0.1) is 0 Å². The fourth-order valence-electron chi connectivity index (χ4n) is 2.75. The minimum absolute atomic E-state index is 0.0181. The van der Waals surface area contributed by atoms with Crippen molar-refractivity contribution in [3.05, 3.63) is 52.2 Å². The Bertz CT molecular complexity index is 874. The first kappa shape index (κ1) is 17.6. The number of anilines is 1. The lowest BCUT2D eigenvalue weighted by atomic mass is 10.1. The molecule has 132 valence electrons. The molecule has 1 atom stereocenters. The SMILES string of the molecule is CN(C(=O)c1ccc(NC(=O)c2cccs2)cc1)[C@H]1CCS(=O)(=O)C1. The third-order valence-corrected chi connectivity index (χ3v) is 6.83. The smallest absolute Gasteiger partial charge is 0.265 e. The molecule has 6 nitrogen and oxygen atoms in total. The van der Waals surface area contributed by atoms with Crippen molar-refractivity contribution < 1.29 is 18.0 Å². The lowest BCUT2D eigenvalue weighted by Gasteiger charge is -2.23. The third-order valence-electron chi connectivity index (χ3n) is 4.21. The highest BCUT2D eigenvalue weighted by molar-refractivity contribution is 7.91. The van der Waals surface area contributed by atoms with Gasteiger partial charge in [0.05, 0.1) is 16.4 Å². The summed E-state index contributed by atoms with van der Waals surface area (Å²) in [6, 6.07) is 9.85. The first-order chi connectivity index (χ1) is 11.9. The molecule has 1 N–H and O–H groups in total. The zero-order chi connectivity index (χ0) is 18.0. The third kappa shape index (κ3) is 4.08. The highest BCUT2D eigenvalue weighted by Crippen LogP contribution is 2.20. The van der Waals surface area contributed by atoms with Crippen LogP contribution >= 0.6 is 11.3 Å². The number of nitrogens with one attached hydrogen (secondary N) is 1. The summed E-state index contributed by atoms with van der Waals surface area (Å²) in [5, 5.41) is 4.60. The van der Waals surface area contributed by atoms with E-state index < -0.39 is 9.84 Å². The van der Waals surface area contributed by atoms with Crippen LogP contribution in [0.1, 0.15) is 26.5 Å². The first-order valence-corrected chi connectivity index (χ1v) is 10.5. The molecule has 2 amide bonds. The molecule has 8 heteroatoms. The maximum Gasteiger partial charge on any atom is 0.265 e. The summed E-state index contributed by atoms with van der Waals surface area (Å²) < 4.78 is 23.1. The Hall–Kier alpha value is -2.19. The number of nitrogens with zero attached hydrogens (tertiary/aromatic N) is 1. The Morgan fingerprint density at radius 2 is 1.92 bits per heavy atom. The molecule has 1 aliphatic heterocycles. The van der Waals surface area contributed by atoms with E-state index in [-0.39, 0.29) is 29.4 Å². The predicted octanol–water partition coefficient (Wildman–Crippen LogP) is 2.26. The van der Waals surface area contributed by atoms with Crippen molar-refractivity contribution in [3.63, 3.8) is 0 Å². The monoisotopic (exact) mass is 378 g/mol. The second-order valence-corrected chi connectivity index (χ2v) is 9.16. The van der Waals surface area contributed by atoms with Gasteiger partial charge in [0.1, 0.15) is 0 Å². The van der Waals surface area contributed by atoms with E-state index in [0.717, 1.165) is 0 Å². The van der Waals surface area contributed by atoms with Gasteiger partial charge >= 0.3 is 0 Å². The minimum Gasteiger partial charge on any atom is -0.338 e. The second kappa shape index (κ2) is 6.97. The molecule has 0 saturated carbocycles. The standard InChI is InChI=1S/C17H18N2O4S2/c1-19(14-8-10-25(22,23)11-14)17(21)12-4-6-13(7-5-12)18-16(20)15-3-2-9-24-15/h2-7,9,14H,8,10-11H2,1H3,(H,18,20)/t14-/m0/s1. The fraction of sp³-hybridized carbons (Fsp3) is 0.294. The summed E-state index contributed by atoms with van der Waals surface area (Å²) in [6.07, 6.45) is 0.472. The van der Waals surface area contributed by atoms with Gasteiger partial charge in [-0.3, -0.25) is 9.59 Å². The highest BCUT2D eigenvalue weighted by Gasteiger charge is 2.33. The number of amides is 2. The average molecular weight is 378 g/mol. The minimum atomic E-state index is -3.04. The van der Waals surface area contributed by atoms with Gasteiger partial charge in [-0.25, -0.2) is 8.42 Å². The number of hydrogen-bond acceptors (Lipinski definition) is 5. The number of thiophene rings is 1. The average Bonchev–Trinajstić information content (AvgIpc) is 3.23. The molecule has 1 aromatic carbocycles. The molecule has 25 heavy (non-hydrogen) atoms. The number of benzene rings is 1. The quantitative estimate of drug-likeness (QED) is 0.885. The number of sulfone groups is 1. The van der Waals surface area contributed by atoms with E-state index in [2.05, 4.69) is 5.32 Å². The van der Waals surface area contributed by atoms with Gasteiger partial charge in [0, 0.05) is 24.3 Å². The predicted molar refractivity (Wildman–Crippen MR) is 97.9 cm³/mol. The summed E-state index contributed by atoms with van der Waals surface area (Å²) in [5.74, 6) is -0.270. The van der Waals surface area contributed by atoms with Crippen LogP contribution in [0.5, 0.6) is 0 Å². The van der Waals surface area contributed by atoms with Gasteiger partial charge in [0.25, 0.3) is 11.8 Å². The summed E-state index contributed by atoms with van der Waals surface area (Å²) in [4.78, 5) is 26.6. The topological polar surface area (TPSA) is 83.6 Å². The van der Waals surface area contributed by atoms with E-state index in [1.165, 1.54) is 16.2 Å². The molecule has 1 aromatic heterocycles. The fourth-order valence-corrected chi connectivity index (χ4v) is 5.14. The van der Waals surface area contributed by atoms with Crippen LogP contribution in [-0.2, 0) is 9.84 Å². The maximum absolute atomic E-state index is 12.5. The molecule has 1 aliphatic rings. The normalized spacial score (nSPS) is 18.7. The van der Waals surface area contributed by atoms with Gasteiger partial charge < -0.3 is 10.2 Å². The highest BCUT2D eigenvalue weighted by atomic mass is 32.2. The van der Waals surface area contributed by atoms with Crippen LogP contribution in [0.3, 0.4) is 0 Å². The van der Waals surface area contributed by atoms with Crippen molar-refractivity contribution in [2.45, 2.75) is 12.5 Å². The molecule has 1 saturated heterocycles. The zero-order valence-electron chi connectivity index (χ0n) is 13.6. The molecule has 1 fully saturated rings. The Balaban J connectivity index is 1.65. The van der Waals surface area contributed by atoms with Crippen molar-refractivity contribution in [2.24, 2.45) is 0 Å². The van der Waals surface area contributed by atoms with E-state index in [4.69, 9.17) is 0 Å². The van der Waals surface area contributed by atoms with Gasteiger partial charge in [-0.15, -0.1) is 11.3 Å². The van der Waals surface area contributed by atoms with Crippen molar-refractivity contribution in [1.82, 2.24) is 4.90 Å². The van der Waals surface area contributed by atoms with Crippen LogP contribution in [0.25, 0.3) is 0 Å². The van der Waals surface area contributed by atoms with E-state index in [0.29, 0.717) is 22.5 Å². The molecule has 0 radical (unpaired) electrons. The molecule has 3 rings (SSSR count). The maximum atomic E-state index is 12.5. The second-order valence-electron chi connectivity index (χ2n) is 5.98. The number of carbonyl (C=O) groups excluding carboxylic acids is 2. The van der Waals surface area contributed by atoms with E-state index >= 15 is 0 Å². The van der Waals surface area contributed by atoms with E-state index in [1.54, 1.807) is 43.4 Å². The van der Waals surface area contributed by atoms with Gasteiger partial charge in [-0.1, -0.05) is 6.07 Å². The van der Waals surface area contributed by atoms with Gasteiger partial charge in [0.2, 0.25) is 0 Å². The molecule has 0 spiro atoms. The van der Waals surface area contributed by atoms with Crippen molar-refractivity contribution in [2.75, 3.05) is 23.9 Å². The first-order valence-electron chi connectivity index (χ1n) is 7.78. The van der Waals surface area contributed by atoms with Gasteiger partial charge in [-0.05, 0) is 42.1 Å². The number of rotatable bonds is 4. The molecule has 2 heterocycles. The Morgan fingerprint density at radius 3 is 2.48 bits per heavy atom. The molecular weight excluding hydrogens is 360 g/mol. The summed E-state index contributed by atoms with van der Waals surface area (Å²) >= 11 is 1.35. The van der Waals surface area contributed by atoms with Crippen molar-refractivity contribution >= 4 is 38.7 Å². The molecule has 0 unspecified atom stereocenters. The van der Waals surface area contributed by atoms with Crippen molar-refractivity contribution in [3.8, 4) is 0 Å². The van der Waals surface area contributed by atoms with E-state index in [1.807, 2.05) is 5.38 Å². The van der Waals surface area contributed by atoms with Crippen molar-refractivity contribution in [1.29, 1.82) is 0 Å². The van der Waals surface area contributed by atoms with Crippen LogP contribution < -0.4 is 5.32 Å². The lowest BCUT2D eigenvalue weighted by molar-refractivity contribution is 0.0747. The Morgan fingerprint density at radius 1 is 1.20 bits per heavy atom. The molecule has 2 aromatic rings. The summed E-state index contributed by atoms with van der Waals surface area (Å²) in [7, 11) is -1.41. The van der Waals surface area contributed by atoms with Crippen LogP contribution in [-0.4, -0.2) is 49.7 Å². The summed E-state index contributed by atoms with van der Waals surface area (Å²) in [5.41, 5.74) is 1.06. The van der Waals surface area contributed by atoms with Crippen LogP contribution in [0.2, 0.25) is 0 Å². The molecule has 0 aliphatic carbocycles. The Labute approximate surface area is 150 Å². The Kier molecular flexibility index (Phi) is 4.91. The lowest BCUT2D eigenvalue weighted by Crippen LogP contribution is -2.37. The van der Waals surface area contributed by atoms with Crippen LogP contribution in [0.4, 0.5) is 5.69 Å². The van der Waals surface area contributed by atoms with Crippen LogP contribution in [0.15, 0.2) is 41.8 Å². The number of carbonyl (C=O) groups is 2. The van der Waals surface area contributed by atoms with E-state index in [9.17, 15) is 18.0 Å². The van der Waals surface area contributed by atoms with Gasteiger partial charge in [-0.2, -0.15) is 0 Å². The van der Waals surface area contributed by atoms with Gasteiger partial charge in [0.15, 0.2) is 9.84 Å². The largest absolute Gasteiger partial charge is 0.338 e.